The molecule has 3 atom stereocenters. The molecule has 1 aliphatic rings. The molecule has 2 heterocycles. The van der Waals surface area contributed by atoms with Crippen molar-refractivity contribution in [2.24, 2.45) is 0 Å². The van der Waals surface area contributed by atoms with Gasteiger partial charge < -0.3 is 20.5 Å². The Labute approximate surface area is 259 Å². The van der Waals surface area contributed by atoms with Crippen LogP contribution in [0.3, 0.4) is 0 Å². The van der Waals surface area contributed by atoms with Crippen LogP contribution in [0.2, 0.25) is 0 Å². The van der Waals surface area contributed by atoms with E-state index < -0.39 is 23.9 Å². The van der Waals surface area contributed by atoms with Crippen molar-refractivity contribution in [1.29, 1.82) is 0 Å². The molecule has 0 radical (unpaired) electrons. The van der Waals surface area contributed by atoms with E-state index in [4.69, 9.17) is 4.74 Å². The maximum absolute atomic E-state index is 12.5. The largest absolute Gasteiger partial charge is 0.393 e. The molecule has 234 valence electrons. The Morgan fingerprint density at radius 1 is 1.00 bits per heavy atom. The molecule has 2 amide bonds. The fraction of sp³-hybridized carbons (Fsp3) is 0.455. The summed E-state index contributed by atoms with van der Waals surface area (Å²) in [4.78, 5) is 40.9. The Hall–Kier alpha value is -3.47. The second-order valence-electron chi connectivity index (χ2n) is 9.77. The summed E-state index contributed by atoms with van der Waals surface area (Å²) in [6.45, 7) is 3.58. The predicted octanol–water partition coefficient (Wildman–Crippen LogP) is 5.74. The summed E-state index contributed by atoms with van der Waals surface area (Å²) in [6.07, 6.45) is 33.1. The third-order valence-electron chi connectivity index (χ3n) is 6.18. The molecular weight excluding hydrogens is 564 g/mol. The Morgan fingerprint density at radius 3 is 2.07 bits per heavy atom. The number of thioether (sulfide) groups is 1. The minimum absolute atomic E-state index is 0.0923. The molecule has 3 N–H and O–H groups in total. The number of nitrogens with zero attached hydrogens (tertiary/aromatic N) is 2. The summed E-state index contributed by atoms with van der Waals surface area (Å²) in [5.41, 5.74) is -0.949. The number of carbonyl (C=O) groups excluding carboxylic acids is 2. The van der Waals surface area contributed by atoms with Gasteiger partial charge in [0.15, 0.2) is 0 Å². The van der Waals surface area contributed by atoms with Gasteiger partial charge in [0.2, 0.25) is 11.8 Å². The van der Waals surface area contributed by atoms with Crippen LogP contribution in [0.25, 0.3) is 0 Å². The zero-order valence-corrected chi connectivity index (χ0v) is 26.1. The highest BCUT2D eigenvalue weighted by Crippen LogP contribution is 2.30. The van der Waals surface area contributed by atoms with E-state index in [0.717, 1.165) is 38.5 Å². The second-order valence-corrected chi connectivity index (χ2v) is 11.0. The number of anilines is 1. The second kappa shape index (κ2) is 22.1. The van der Waals surface area contributed by atoms with E-state index in [1.54, 1.807) is 6.92 Å². The van der Waals surface area contributed by atoms with Crippen LogP contribution >= 0.6 is 11.8 Å². The smallest absolute Gasteiger partial charge is 0.351 e. The summed E-state index contributed by atoms with van der Waals surface area (Å²) >= 11 is 1.41. The van der Waals surface area contributed by atoms with Gasteiger partial charge in [-0.1, -0.05) is 79.8 Å². The minimum Gasteiger partial charge on any atom is -0.393 e. The first-order chi connectivity index (χ1) is 20.9. The number of amides is 2. The van der Waals surface area contributed by atoms with Crippen molar-refractivity contribution in [2.45, 2.75) is 82.9 Å². The van der Waals surface area contributed by atoms with Crippen LogP contribution < -0.4 is 16.3 Å². The van der Waals surface area contributed by atoms with Crippen LogP contribution in [0.1, 0.15) is 71.4 Å². The first-order valence-electron chi connectivity index (χ1n) is 14.9. The molecule has 1 aliphatic heterocycles. The normalized spacial score (nSPS) is 18.3. The highest BCUT2D eigenvalue weighted by atomic mass is 32.2. The maximum atomic E-state index is 12.5. The van der Waals surface area contributed by atoms with E-state index in [9.17, 15) is 19.5 Å². The lowest BCUT2D eigenvalue weighted by Gasteiger charge is -2.15. The Kier molecular flexibility index (Phi) is 18.4. The van der Waals surface area contributed by atoms with Crippen molar-refractivity contribution >= 4 is 29.4 Å². The minimum atomic E-state index is -0.790. The van der Waals surface area contributed by atoms with E-state index in [1.165, 1.54) is 28.6 Å². The highest BCUT2D eigenvalue weighted by molar-refractivity contribution is 8.00. The number of hydrogen-bond acceptors (Lipinski definition) is 7. The molecule has 1 fully saturated rings. The van der Waals surface area contributed by atoms with E-state index in [-0.39, 0.29) is 30.2 Å². The average molecular weight is 611 g/mol. The van der Waals surface area contributed by atoms with Gasteiger partial charge in [0.1, 0.15) is 23.5 Å². The SMILES string of the molecule is CCC=CCC=CCC=CCC=CCC=CCC=CCCC(=O)NC(C)C(=O)Nc1ccn([C@@H]2CS[C@H](CO)O2)c(=O)n1. The quantitative estimate of drug-likeness (QED) is 0.171. The molecule has 10 heteroatoms. The maximum Gasteiger partial charge on any atom is 0.351 e. The zero-order valence-electron chi connectivity index (χ0n) is 25.3. The molecule has 0 aliphatic carbocycles. The van der Waals surface area contributed by atoms with Crippen LogP contribution in [0.4, 0.5) is 5.82 Å². The molecule has 2 rings (SSSR count). The first kappa shape index (κ1) is 35.7. The molecule has 1 aromatic heterocycles. The first-order valence-corrected chi connectivity index (χ1v) is 16.0. The molecule has 43 heavy (non-hydrogen) atoms. The fourth-order valence-corrected chi connectivity index (χ4v) is 4.78. The number of rotatable bonds is 19. The van der Waals surface area contributed by atoms with Crippen LogP contribution in [-0.2, 0) is 14.3 Å². The predicted molar refractivity (Wildman–Crippen MR) is 176 cm³/mol. The van der Waals surface area contributed by atoms with Crippen molar-refractivity contribution in [3.05, 3.63) is 95.7 Å². The summed E-state index contributed by atoms with van der Waals surface area (Å²) < 4.78 is 6.89. The van der Waals surface area contributed by atoms with Gasteiger partial charge in [-0.2, -0.15) is 4.98 Å². The van der Waals surface area contributed by atoms with Gasteiger partial charge in [-0.25, -0.2) is 4.79 Å². The van der Waals surface area contributed by atoms with Gasteiger partial charge in [-0.3, -0.25) is 14.2 Å². The third-order valence-corrected chi connectivity index (χ3v) is 7.29. The molecule has 1 unspecified atom stereocenters. The monoisotopic (exact) mass is 610 g/mol. The summed E-state index contributed by atoms with van der Waals surface area (Å²) in [7, 11) is 0. The van der Waals surface area contributed by atoms with E-state index in [1.807, 2.05) is 12.2 Å². The van der Waals surface area contributed by atoms with Crippen molar-refractivity contribution in [1.82, 2.24) is 14.9 Å². The Bertz CT molecular complexity index is 1220. The molecule has 1 saturated heterocycles. The lowest BCUT2D eigenvalue weighted by Crippen LogP contribution is -2.42. The van der Waals surface area contributed by atoms with Crippen molar-refractivity contribution in [2.75, 3.05) is 17.7 Å². The van der Waals surface area contributed by atoms with Gasteiger partial charge in [0.25, 0.3) is 0 Å². The fourth-order valence-electron chi connectivity index (χ4n) is 3.85. The van der Waals surface area contributed by atoms with Crippen molar-refractivity contribution in [3.63, 3.8) is 0 Å². The number of hydrogen-bond donors (Lipinski definition) is 3. The number of aliphatic hydroxyl groups excluding tert-OH is 1. The van der Waals surface area contributed by atoms with Crippen LogP contribution in [0.5, 0.6) is 0 Å². The average Bonchev–Trinajstić information content (AvgIpc) is 3.47. The van der Waals surface area contributed by atoms with Gasteiger partial charge in [-0.05, 0) is 57.9 Å². The Morgan fingerprint density at radius 2 is 1.56 bits per heavy atom. The summed E-state index contributed by atoms with van der Waals surface area (Å²) in [5, 5.41) is 14.4. The lowest BCUT2D eigenvalue weighted by molar-refractivity contribution is -0.126. The molecule has 1 aromatic rings. The Balaban J connectivity index is 1.56. The number of allylic oxidation sites excluding steroid dienone is 12. The topological polar surface area (TPSA) is 123 Å². The van der Waals surface area contributed by atoms with E-state index in [2.05, 4.69) is 83.3 Å². The van der Waals surface area contributed by atoms with Gasteiger partial charge in [0, 0.05) is 18.4 Å². The molecule has 0 saturated carbocycles. The van der Waals surface area contributed by atoms with Crippen molar-refractivity contribution in [3.8, 4) is 0 Å². The molecule has 0 spiro atoms. The number of carbonyl (C=O) groups is 2. The molecular formula is C33H46N4O5S. The van der Waals surface area contributed by atoms with Crippen LogP contribution in [-0.4, -0.2) is 50.3 Å². The third kappa shape index (κ3) is 15.5. The number of nitrogens with one attached hydrogen (secondary N) is 2. The number of aliphatic hydroxyl groups is 1. The van der Waals surface area contributed by atoms with Crippen molar-refractivity contribution < 1.29 is 19.4 Å². The van der Waals surface area contributed by atoms with Crippen LogP contribution in [0, 0.1) is 0 Å². The molecule has 0 aromatic carbocycles. The highest BCUT2D eigenvalue weighted by Gasteiger charge is 2.27. The standard InChI is InChI=1S/C33H46N4O5S/c1-3-4-5-6-7-8-9-10-11-12-13-14-15-16-17-18-19-20-21-22-29(39)34-27(2)32(40)35-28-23-24-37(33(41)36-28)30-26-43-31(25-38)42-30/h4-5,7-8,10-11,13-14,16-17,19-20,23-24,27,30-31,38H,3,6,9,12,15,18,21-22,25-26H2,1-2H3,(H,34,39)(H,35,36,40,41)/t27?,30-,31+/m0/s1. The van der Waals surface area contributed by atoms with Crippen LogP contribution in [0.15, 0.2) is 90.0 Å². The summed E-state index contributed by atoms with van der Waals surface area (Å²) in [6, 6.07) is 0.706. The zero-order chi connectivity index (χ0) is 31.1. The molecule has 9 nitrogen and oxygen atoms in total. The number of ether oxygens (including phenoxy) is 1. The van der Waals surface area contributed by atoms with E-state index in [0.29, 0.717) is 12.2 Å². The lowest BCUT2D eigenvalue weighted by atomic mass is 10.2. The van der Waals surface area contributed by atoms with Gasteiger partial charge >= 0.3 is 5.69 Å². The number of aromatic nitrogens is 2. The van der Waals surface area contributed by atoms with Gasteiger partial charge in [0.05, 0.1) is 6.61 Å². The van der Waals surface area contributed by atoms with E-state index >= 15 is 0 Å². The molecule has 0 bridgehead atoms. The van der Waals surface area contributed by atoms with Gasteiger partial charge in [-0.15, -0.1) is 11.8 Å². The summed E-state index contributed by atoms with van der Waals surface area (Å²) in [5.74, 6) is -0.102.